The summed E-state index contributed by atoms with van der Waals surface area (Å²) in [5, 5.41) is 0. The Labute approximate surface area is 172 Å². The van der Waals surface area contributed by atoms with Crippen LogP contribution in [-0.4, -0.2) is 53.6 Å². The second-order valence-electron chi connectivity index (χ2n) is 6.41. The molecule has 7 nitrogen and oxygen atoms in total. The Balaban J connectivity index is 2.60. The van der Waals surface area contributed by atoms with Crippen molar-refractivity contribution in [2.45, 2.75) is 25.3 Å². The van der Waals surface area contributed by atoms with Crippen LogP contribution in [0.25, 0.3) is 0 Å². The Bertz CT molecular complexity index is 938. The van der Waals surface area contributed by atoms with Crippen molar-refractivity contribution < 1.29 is 22.7 Å². The molecule has 158 valence electrons. The fourth-order valence-electron chi connectivity index (χ4n) is 3.08. The highest BCUT2D eigenvalue weighted by Crippen LogP contribution is 2.31. The minimum Gasteiger partial charge on any atom is -0.497 e. The molecule has 8 heteroatoms. The normalized spacial score (nSPS) is 11.4. The van der Waals surface area contributed by atoms with Gasteiger partial charge in [-0.3, -0.25) is 9.21 Å². The third-order valence-corrected chi connectivity index (χ3v) is 6.62. The largest absolute Gasteiger partial charge is 0.497 e. The molecule has 0 N–H and O–H groups in total. The summed E-state index contributed by atoms with van der Waals surface area (Å²) in [5.41, 5.74) is 1.26. The van der Waals surface area contributed by atoms with Crippen molar-refractivity contribution in [1.82, 2.24) is 4.90 Å². The van der Waals surface area contributed by atoms with Crippen LogP contribution in [0.2, 0.25) is 0 Å². The molecule has 0 aliphatic carbocycles. The number of benzene rings is 2. The van der Waals surface area contributed by atoms with E-state index in [2.05, 4.69) is 4.90 Å². The summed E-state index contributed by atoms with van der Waals surface area (Å²) in [7, 11) is 0.344. The van der Waals surface area contributed by atoms with Crippen LogP contribution in [-0.2, 0) is 21.3 Å². The van der Waals surface area contributed by atoms with Gasteiger partial charge >= 0.3 is 5.97 Å². The van der Waals surface area contributed by atoms with Gasteiger partial charge in [0.05, 0.1) is 30.4 Å². The van der Waals surface area contributed by atoms with Gasteiger partial charge in [-0.05, 0) is 49.0 Å². The standard InChI is InChI=1S/C21H28N2O5S/c1-6-23(7-2)15-16-9-8-10-19(21(24)28-5)20(16)22(3)29(25,26)18-13-11-17(27-4)12-14-18/h8-14H,6-7,15H2,1-5H3. The number of anilines is 1. The van der Waals surface area contributed by atoms with E-state index in [4.69, 9.17) is 9.47 Å². The predicted octanol–water partition coefficient (Wildman–Crippen LogP) is 3.15. The SMILES string of the molecule is CCN(CC)Cc1cccc(C(=O)OC)c1N(C)S(=O)(=O)c1ccc(OC)cc1. The molecule has 0 saturated carbocycles. The summed E-state index contributed by atoms with van der Waals surface area (Å²) in [5.74, 6) is -0.0260. The average Bonchev–Trinajstić information content (AvgIpc) is 2.76. The number of hydrogen-bond acceptors (Lipinski definition) is 6. The van der Waals surface area contributed by atoms with Crippen molar-refractivity contribution in [1.29, 1.82) is 0 Å². The minimum atomic E-state index is -3.90. The summed E-state index contributed by atoms with van der Waals surface area (Å²) in [6, 6.07) is 11.3. The molecule has 2 aromatic carbocycles. The number of rotatable bonds is 9. The molecule has 2 aromatic rings. The number of carbonyl (C=O) groups is 1. The second kappa shape index (κ2) is 9.76. The maximum atomic E-state index is 13.3. The van der Waals surface area contributed by atoms with Crippen LogP contribution < -0.4 is 9.04 Å². The van der Waals surface area contributed by atoms with Gasteiger partial charge in [-0.2, -0.15) is 0 Å². The molecular weight excluding hydrogens is 392 g/mol. The van der Waals surface area contributed by atoms with E-state index in [-0.39, 0.29) is 10.5 Å². The van der Waals surface area contributed by atoms with E-state index in [9.17, 15) is 13.2 Å². The van der Waals surface area contributed by atoms with Crippen molar-refractivity contribution in [2.24, 2.45) is 0 Å². The molecule has 29 heavy (non-hydrogen) atoms. The molecule has 0 aromatic heterocycles. The van der Waals surface area contributed by atoms with Crippen LogP contribution in [0.1, 0.15) is 29.8 Å². The minimum absolute atomic E-state index is 0.106. The fraction of sp³-hybridized carbons (Fsp3) is 0.381. The van der Waals surface area contributed by atoms with Crippen LogP contribution in [0.4, 0.5) is 5.69 Å². The number of nitrogens with zero attached hydrogens (tertiary/aromatic N) is 2. The second-order valence-corrected chi connectivity index (χ2v) is 8.38. The first kappa shape index (κ1) is 22.7. The Kier molecular flexibility index (Phi) is 7.64. The van der Waals surface area contributed by atoms with Gasteiger partial charge in [0, 0.05) is 13.6 Å². The molecule has 0 amide bonds. The first-order valence-corrected chi connectivity index (χ1v) is 10.8. The molecule has 0 bridgehead atoms. The number of hydrogen-bond donors (Lipinski definition) is 0. The number of methoxy groups -OCH3 is 2. The van der Waals surface area contributed by atoms with Crippen molar-refractivity contribution in [3.63, 3.8) is 0 Å². The Morgan fingerprint density at radius 3 is 2.14 bits per heavy atom. The van der Waals surface area contributed by atoms with Crippen molar-refractivity contribution >= 4 is 21.7 Å². The lowest BCUT2D eigenvalue weighted by Gasteiger charge is -2.27. The number of esters is 1. The third-order valence-electron chi connectivity index (χ3n) is 4.85. The molecule has 0 aliphatic rings. The maximum absolute atomic E-state index is 13.3. The molecule has 0 heterocycles. The highest BCUT2D eigenvalue weighted by molar-refractivity contribution is 7.92. The molecular formula is C21H28N2O5S. The zero-order valence-corrected chi connectivity index (χ0v) is 18.3. The fourth-order valence-corrected chi connectivity index (χ4v) is 4.33. The van der Waals surface area contributed by atoms with Crippen LogP contribution in [0.15, 0.2) is 47.4 Å². The van der Waals surface area contributed by atoms with Crippen LogP contribution >= 0.6 is 0 Å². The number of ether oxygens (including phenoxy) is 2. The molecule has 0 radical (unpaired) electrons. The van der Waals surface area contributed by atoms with Gasteiger partial charge in [0.2, 0.25) is 0 Å². The van der Waals surface area contributed by atoms with E-state index < -0.39 is 16.0 Å². The first-order chi connectivity index (χ1) is 13.8. The average molecular weight is 421 g/mol. The third kappa shape index (κ3) is 4.89. The quantitative estimate of drug-likeness (QED) is 0.580. The van der Waals surface area contributed by atoms with E-state index in [1.54, 1.807) is 24.3 Å². The lowest BCUT2D eigenvalue weighted by molar-refractivity contribution is 0.0601. The monoisotopic (exact) mass is 420 g/mol. The van der Waals surface area contributed by atoms with Crippen molar-refractivity contribution in [2.75, 3.05) is 38.7 Å². The van der Waals surface area contributed by atoms with E-state index in [0.717, 1.165) is 23.0 Å². The van der Waals surface area contributed by atoms with Crippen LogP contribution in [0, 0.1) is 0 Å². The van der Waals surface area contributed by atoms with E-state index in [1.807, 2.05) is 19.9 Å². The molecule has 0 saturated heterocycles. The molecule has 0 unspecified atom stereocenters. The van der Waals surface area contributed by atoms with Crippen molar-refractivity contribution in [3.05, 3.63) is 53.6 Å². The van der Waals surface area contributed by atoms with E-state index in [1.165, 1.54) is 33.4 Å². The summed E-state index contributed by atoms with van der Waals surface area (Å²) in [4.78, 5) is 14.6. The molecule has 0 fully saturated rings. The van der Waals surface area contributed by atoms with E-state index in [0.29, 0.717) is 18.0 Å². The Morgan fingerprint density at radius 2 is 1.62 bits per heavy atom. The Morgan fingerprint density at radius 1 is 1.00 bits per heavy atom. The summed E-state index contributed by atoms with van der Waals surface area (Å²) < 4.78 is 37.7. The lowest BCUT2D eigenvalue weighted by atomic mass is 10.1. The highest BCUT2D eigenvalue weighted by atomic mass is 32.2. The van der Waals surface area contributed by atoms with Gasteiger partial charge in [0.25, 0.3) is 10.0 Å². The molecule has 0 atom stereocenters. The smallest absolute Gasteiger partial charge is 0.340 e. The topological polar surface area (TPSA) is 76.2 Å². The van der Waals surface area contributed by atoms with Gasteiger partial charge in [0.1, 0.15) is 5.75 Å². The summed E-state index contributed by atoms with van der Waals surface area (Å²) in [6.45, 7) is 6.17. The zero-order valence-electron chi connectivity index (χ0n) is 17.5. The van der Waals surface area contributed by atoms with Crippen molar-refractivity contribution in [3.8, 4) is 5.75 Å². The van der Waals surface area contributed by atoms with E-state index >= 15 is 0 Å². The molecule has 0 spiro atoms. The van der Waals surface area contributed by atoms with Gasteiger partial charge in [-0.25, -0.2) is 13.2 Å². The molecule has 2 rings (SSSR count). The first-order valence-electron chi connectivity index (χ1n) is 9.35. The lowest BCUT2D eigenvalue weighted by Crippen LogP contribution is -2.31. The highest BCUT2D eigenvalue weighted by Gasteiger charge is 2.28. The van der Waals surface area contributed by atoms with Gasteiger partial charge in [-0.1, -0.05) is 26.0 Å². The molecule has 0 aliphatic heterocycles. The van der Waals surface area contributed by atoms with Crippen LogP contribution in [0.3, 0.4) is 0 Å². The Hall–Kier alpha value is -2.58. The predicted molar refractivity (Wildman–Crippen MR) is 113 cm³/mol. The zero-order chi connectivity index (χ0) is 21.6. The van der Waals surface area contributed by atoms with Crippen LogP contribution in [0.5, 0.6) is 5.75 Å². The van der Waals surface area contributed by atoms with Gasteiger partial charge < -0.3 is 9.47 Å². The summed E-state index contributed by atoms with van der Waals surface area (Å²) >= 11 is 0. The number of sulfonamides is 1. The maximum Gasteiger partial charge on any atom is 0.340 e. The number of para-hydroxylation sites is 1. The van der Waals surface area contributed by atoms with Gasteiger partial charge in [0.15, 0.2) is 0 Å². The van der Waals surface area contributed by atoms with Gasteiger partial charge in [-0.15, -0.1) is 0 Å². The summed E-state index contributed by atoms with van der Waals surface area (Å²) in [6.07, 6.45) is 0. The number of carbonyl (C=O) groups excluding carboxylic acids is 1.